The lowest BCUT2D eigenvalue weighted by Crippen LogP contribution is -2.42. The second-order valence-corrected chi connectivity index (χ2v) is 4.44. The van der Waals surface area contributed by atoms with Gasteiger partial charge in [-0.05, 0) is 20.8 Å². The van der Waals surface area contributed by atoms with Gasteiger partial charge in [0, 0.05) is 5.54 Å². The highest BCUT2D eigenvalue weighted by Gasteiger charge is 2.18. The molecule has 15 heavy (non-hydrogen) atoms. The highest BCUT2D eigenvalue weighted by atomic mass is 16.5. The number of hydrogen-bond acceptors (Lipinski definition) is 4. The van der Waals surface area contributed by atoms with Crippen LogP contribution in [0.15, 0.2) is 0 Å². The first-order chi connectivity index (χ1) is 6.74. The summed E-state index contributed by atoms with van der Waals surface area (Å²) in [6, 6.07) is 0. The van der Waals surface area contributed by atoms with E-state index in [0.717, 1.165) is 0 Å². The van der Waals surface area contributed by atoms with Crippen LogP contribution in [-0.2, 0) is 14.3 Å². The van der Waals surface area contributed by atoms with Gasteiger partial charge in [0.15, 0.2) is 0 Å². The summed E-state index contributed by atoms with van der Waals surface area (Å²) in [5.74, 6) is -0.801. The van der Waals surface area contributed by atoms with E-state index in [1.165, 1.54) is 7.11 Å². The maximum Gasteiger partial charge on any atom is 0.308 e. The Morgan fingerprint density at radius 1 is 1.33 bits per heavy atom. The number of carbonyl (C=O) groups excluding carboxylic acids is 2. The number of amides is 1. The maximum atomic E-state index is 11.3. The highest BCUT2D eigenvalue weighted by molar-refractivity contribution is 5.78. The second kappa shape index (κ2) is 5.70. The average molecular weight is 217 g/mol. The number of aliphatic hydroxyl groups excluding tert-OH is 1. The predicted molar refractivity (Wildman–Crippen MR) is 55.2 cm³/mol. The fourth-order valence-corrected chi connectivity index (χ4v) is 1.03. The molecule has 0 spiro atoms. The van der Waals surface area contributed by atoms with Crippen LogP contribution >= 0.6 is 0 Å². The monoisotopic (exact) mass is 217 g/mol. The molecule has 0 radical (unpaired) electrons. The van der Waals surface area contributed by atoms with Crippen LogP contribution in [0.2, 0.25) is 0 Å². The summed E-state index contributed by atoms with van der Waals surface area (Å²) in [4.78, 5) is 22.1. The molecule has 0 aliphatic rings. The first-order valence-electron chi connectivity index (χ1n) is 4.80. The van der Waals surface area contributed by atoms with E-state index in [0.29, 0.717) is 0 Å². The van der Waals surface area contributed by atoms with Crippen molar-refractivity contribution < 1.29 is 19.4 Å². The van der Waals surface area contributed by atoms with E-state index in [-0.39, 0.29) is 24.3 Å². The topological polar surface area (TPSA) is 75.6 Å². The van der Waals surface area contributed by atoms with Gasteiger partial charge in [-0.25, -0.2) is 0 Å². The second-order valence-electron chi connectivity index (χ2n) is 4.44. The molecule has 1 atom stereocenters. The molecule has 0 saturated carbocycles. The molecule has 0 bridgehead atoms. The van der Waals surface area contributed by atoms with Crippen molar-refractivity contribution in [3.8, 4) is 0 Å². The summed E-state index contributed by atoms with van der Waals surface area (Å²) in [7, 11) is 1.24. The molecule has 0 heterocycles. The summed E-state index contributed by atoms with van der Waals surface area (Å²) in [5, 5.41) is 12.0. The standard InChI is InChI=1S/C10H19NO4/c1-10(2,3)11-8(13)5-7(12)6-9(14)15-4/h7,12H,5-6H2,1-4H3,(H,11,13)/t7-/m0/s1. The summed E-state index contributed by atoms with van der Waals surface area (Å²) in [6.45, 7) is 5.53. The lowest BCUT2D eigenvalue weighted by Gasteiger charge is -2.21. The molecule has 0 fully saturated rings. The van der Waals surface area contributed by atoms with Crippen LogP contribution in [0, 0.1) is 0 Å². The molecule has 88 valence electrons. The van der Waals surface area contributed by atoms with Crippen molar-refractivity contribution in [2.75, 3.05) is 7.11 Å². The molecule has 0 aromatic rings. The molecule has 0 rings (SSSR count). The van der Waals surface area contributed by atoms with Crippen molar-refractivity contribution in [2.24, 2.45) is 0 Å². The van der Waals surface area contributed by atoms with Gasteiger partial charge >= 0.3 is 5.97 Å². The predicted octanol–water partition coefficient (Wildman–Crippen LogP) is 0.215. The van der Waals surface area contributed by atoms with Crippen LogP contribution < -0.4 is 5.32 Å². The number of methoxy groups -OCH3 is 1. The van der Waals surface area contributed by atoms with Gasteiger partial charge in [-0.1, -0.05) is 0 Å². The summed E-state index contributed by atoms with van der Waals surface area (Å²) < 4.78 is 4.37. The first-order valence-corrected chi connectivity index (χ1v) is 4.80. The zero-order valence-electron chi connectivity index (χ0n) is 9.66. The molecule has 0 aliphatic carbocycles. The zero-order valence-corrected chi connectivity index (χ0v) is 9.66. The van der Waals surface area contributed by atoms with Crippen LogP contribution in [0.4, 0.5) is 0 Å². The first kappa shape index (κ1) is 13.9. The number of carbonyl (C=O) groups is 2. The molecular formula is C10H19NO4. The Hall–Kier alpha value is -1.10. The summed E-state index contributed by atoms with van der Waals surface area (Å²) in [6.07, 6.45) is -1.24. The van der Waals surface area contributed by atoms with Gasteiger partial charge in [0.1, 0.15) is 0 Å². The van der Waals surface area contributed by atoms with Gasteiger partial charge in [0.25, 0.3) is 0 Å². The average Bonchev–Trinajstić information content (AvgIpc) is 1.99. The largest absolute Gasteiger partial charge is 0.469 e. The van der Waals surface area contributed by atoms with E-state index in [1.54, 1.807) is 0 Å². The fourth-order valence-electron chi connectivity index (χ4n) is 1.03. The minimum absolute atomic E-state index is 0.0909. The third kappa shape index (κ3) is 7.93. The van der Waals surface area contributed by atoms with Crippen LogP contribution in [0.1, 0.15) is 33.6 Å². The third-order valence-corrected chi connectivity index (χ3v) is 1.57. The maximum absolute atomic E-state index is 11.3. The number of hydrogen-bond donors (Lipinski definition) is 2. The number of aliphatic hydroxyl groups is 1. The van der Waals surface area contributed by atoms with Gasteiger partial charge in [0.2, 0.25) is 5.91 Å². The smallest absolute Gasteiger partial charge is 0.308 e. The van der Waals surface area contributed by atoms with Gasteiger partial charge in [0.05, 0.1) is 26.1 Å². The van der Waals surface area contributed by atoms with Crippen molar-refractivity contribution in [2.45, 2.75) is 45.3 Å². The molecule has 0 aromatic heterocycles. The van der Waals surface area contributed by atoms with Crippen LogP contribution in [-0.4, -0.2) is 35.7 Å². The Morgan fingerprint density at radius 2 is 1.87 bits per heavy atom. The Bertz CT molecular complexity index is 232. The molecule has 1 amide bonds. The Labute approximate surface area is 89.8 Å². The van der Waals surface area contributed by atoms with E-state index in [1.807, 2.05) is 20.8 Å². The lowest BCUT2D eigenvalue weighted by molar-refractivity contribution is -0.143. The van der Waals surface area contributed by atoms with Crippen LogP contribution in [0.3, 0.4) is 0 Å². The SMILES string of the molecule is COC(=O)C[C@@H](O)CC(=O)NC(C)(C)C. The van der Waals surface area contributed by atoms with E-state index in [4.69, 9.17) is 0 Å². The van der Waals surface area contributed by atoms with Crippen molar-refractivity contribution in [3.05, 3.63) is 0 Å². The van der Waals surface area contributed by atoms with Gasteiger partial charge < -0.3 is 15.2 Å². The van der Waals surface area contributed by atoms with Crippen molar-refractivity contribution >= 4 is 11.9 Å². The molecule has 0 unspecified atom stereocenters. The molecule has 5 heteroatoms. The number of esters is 1. The Kier molecular flexibility index (Phi) is 5.28. The fraction of sp³-hybridized carbons (Fsp3) is 0.800. The van der Waals surface area contributed by atoms with E-state index in [9.17, 15) is 14.7 Å². The Balaban J connectivity index is 3.92. The van der Waals surface area contributed by atoms with Crippen molar-refractivity contribution in [1.82, 2.24) is 5.32 Å². The molecular weight excluding hydrogens is 198 g/mol. The number of nitrogens with one attached hydrogen (secondary N) is 1. The van der Waals surface area contributed by atoms with Gasteiger partial charge in [-0.2, -0.15) is 0 Å². The van der Waals surface area contributed by atoms with Crippen LogP contribution in [0.5, 0.6) is 0 Å². The van der Waals surface area contributed by atoms with E-state index in [2.05, 4.69) is 10.1 Å². The normalized spacial score (nSPS) is 13.1. The summed E-state index contributed by atoms with van der Waals surface area (Å²) in [5.41, 5.74) is -0.331. The Morgan fingerprint density at radius 3 is 2.27 bits per heavy atom. The summed E-state index contributed by atoms with van der Waals surface area (Å²) >= 11 is 0. The third-order valence-electron chi connectivity index (χ3n) is 1.57. The lowest BCUT2D eigenvalue weighted by atomic mass is 10.1. The van der Waals surface area contributed by atoms with Gasteiger partial charge in [-0.3, -0.25) is 9.59 Å². The number of ether oxygens (including phenoxy) is 1. The minimum Gasteiger partial charge on any atom is -0.469 e. The van der Waals surface area contributed by atoms with E-state index < -0.39 is 12.1 Å². The quantitative estimate of drug-likeness (QED) is 0.660. The molecule has 2 N–H and O–H groups in total. The van der Waals surface area contributed by atoms with Crippen molar-refractivity contribution in [3.63, 3.8) is 0 Å². The van der Waals surface area contributed by atoms with Crippen molar-refractivity contribution in [1.29, 1.82) is 0 Å². The molecule has 0 aliphatic heterocycles. The zero-order chi connectivity index (χ0) is 12.1. The number of rotatable bonds is 4. The van der Waals surface area contributed by atoms with Gasteiger partial charge in [-0.15, -0.1) is 0 Å². The van der Waals surface area contributed by atoms with E-state index >= 15 is 0 Å². The van der Waals surface area contributed by atoms with Crippen LogP contribution in [0.25, 0.3) is 0 Å². The highest BCUT2D eigenvalue weighted by Crippen LogP contribution is 2.03. The molecule has 0 saturated heterocycles. The minimum atomic E-state index is -0.986. The molecule has 5 nitrogen and oxygen atoms in total. The molecule has 0 aromatic carbocycles.